The maximum atomic E-state index is 12.8. The van der Waals surface area contributed by atoms with Gasteiger partial charge in [-0.3, -0.25) is 14.3 Å². The van der Waals surface area contributed by atoms with Crippen LogP contribution in [-0.4, -0.2) is 26.2 Å². The summed E-state index contributed by atoms with van der Waals surface area (Å²) in [5.74, 6) is -0.967. The van der Waals surface area contributed by atoms with Crippen molar-refractivity contribution in [2.75, 3.05) is 5.32 Å². The van der Waals surface area contributed by atoms with Crippen molar-refractivity contribution in [3.63, 3.8) is 0 Å². The third kappa shape index (κ3) is 3.34. The van der Waals surface area contributed by atoms with Crippen LogP contribution in [0.4, 0.5) is 5.69 Å². The van der Waals surface area contributed by atoms with Crippen molar-refractivity contribution in [2.45, 2.75) is 20.4 Å². The van der Waals surface area contributed by atoms with E-state index in [9.17, 15) is 9.59 Å². The molecule has 0 aliphatic carbocycles. The van der Waals surface area contributed by atoms with Crippen LogP contribution in [0.3, 0.4) is 0 Å². The highest BCUT2D eigenvalue weighted by molar-refractivity contribution is 6.09. The van der Waals surface area contributed by atoms with E-state index in [0.717, 1.165) is 28.7 Å². The average Bonchev–Trinajstić information content (AvgIpc) is 3.21. The van der Waals surface area contributed by atoms with E-state index in [2.05, 4.69) is 41.0 Å². The fourth-order valence-electron chi connectivity index (χ4n) is 3.78. The van der Waals surface area contributed by atoms with E-state index in [-0.39, 0.29) is 11.6 Å². The lowest BCUT2D eigenvalue weighted by molar-refractivity contribution is 0.0992. The summed E-state index contributed by atoms with van der Waals surface area (Å²) in [4.78, 5) is 24.5. The molecule has 3 N–H and O–H groups in total. The molecule has 2 heterocycles. The highest BCUT2D eigenvalue weighted by Gasteiger charge is 2.18. The number of rotatable bonds is 5. The predicted molar refractivity (Wildman–Crippen MR) is 117 cm³/mol. The molecule has 0 bridgehead atoms. The molecule has 0 atom stereocenters. The van der Waals surface area contributed by atoms with Crippen molar-refractivity contribution in [1.29, 1.82) is 0 Å². The standard InChI is InChI=1S/C23H23N5O2/c1-14-15(2)28(13-16-7-5-4-6-8-16)20-10-9-17(11-18(14)20)23(30)26-19-12-25-27(3)21(19)22(24)29/h4-12H,13H2,1-3H3,(H2,24,29)(H,26,30). The first-order valence-corrected chi connectivity index (χ1v) is 9.63. The monoisotopic (exact) mass is 401 g/mol. The van der Waals surface area contributed by atoms with Gasteiger partial charge < -0.3 is 15.6 Å². The zero-order valence-electron chi connectivity index (χ0n) is 17.1. The number of primary amides is 1. The van der Waals surface area contributed by atoms with Crippen LogP contribution in [0.25, 0.3) is 10.9 Å². The van der Waals surface area contributed by atoms with E-state index in [4.69, 9.17) is 5.73 Å². The zero-order valence-corrected chi connectivity index (χ0v) is 17.1. The first-order valence-electron chi connectivity index (χ1n) is 9.63. The fraction of sp³-hybridized carbons (Fsp3) is 0.174. The summed E-state index contributed by atoms with van der Waals surface area (Å²) >= 11 is 0. The minimum absolute atomic E-state index is 0.158. The molecule has 0 aliphatic heterocycles. The molecule has 7 nitrogen and oxygen atoms in total. The molecule has 0 fully saturated rings. The molecule has 2 aromatic heterocycles. The third-order valence-electron chi connectivity index (χ3n) is 5.50. The Morgan fingerprint density at radius 1 is 1.10 bits per heavy atom. The lowest BCUT2D eigenvalue weighted by atomic mass is 10.1. The van der Waals surface area contributed by atoms with Crippen LogP contribution in [0, 0.1) is 13.8 Å². The molecule has 0 saturated heterocycles. The number of amides is 2. The number of fused-ring (bicyclic) bond motifs is 1. The summed E-state index contributed by atoms with van der Waals surface area (Å²) in [7, 11) is 1.60. The minimum atomic E-state index is -0.648. The van der Waals surface area contributed by atoms with Gasteiger partial charge in [0.15, 0.2) is 0 Å². The van der Waals surface area contributed by atoms with E-state index < -0.39 is 5.91 Å². The summed E-state index contributed by atoms with van der Waals surface area (Å²) < 4.78 is 3.60. The highest BCUT2D eigenvalue weighted by atomic mass is 16.2. The molecule has 2 aromatic carbocycles. The highest BCUT2D eigenvalue weighted by Crippen LogP contribution is 2.27. The lowest BCUT2D eigenvalue weighted by Gasteiger charge is -2.09. The average molecular weight is 401 g/mol. The van der Waals surface area contributed by atoms with Gasteiger partial charge in [0.1, 0.15) is 5.69 Å². The molecular formula is C23H23N5O2. The van der Waals surface area contributed by atoms with Gasteiger partial charge >= 0.3 is 0 Å². The van der Waals surface area contributed by atoms with Gasteiger partial charge in [-0.2, -0.15) is 5.10 Å². The van der Waals surface area contributed by atoms with E-state index in [1.165, 1.54) is 16.4 Å². The number of benzene rings is 2. The summed E-state index contributed by atoms with van der Waals surface area (Å²) in [6.45, 7) is 4.92. The second-order valence-electron chi connectivity index (χ2n) is 7.36. The van der Waals surface area contributed by atoms with Gasteiger partial charge in [-0.15, -0.1) is 0 Å². The number of aryl methyl sites for hydroxylation is 2. The SMILES string of the molecule is Cc1c(C)n(Cc2ccccc2)c2ccc(C(=O)Nc3cnn(C)c3C(N)=O)cc12. The third-order valence-corrected chi connectivity index (χ3v) is 5.50. The Hall–Kier alpha value is -3.87. The van der Waals surface area contributed by atoms with Crippen molar-refractivity contribution >= 4 is 28.4 Å². The fourth-order valence-corrected chi connectivity index (χ4v) is 3.78. The zero-order chi connectivity index (χ0) is 21.4. The van der Waals surface area contributed by atoms with Gasteiger partial charge in [-0.1, -0.05) is 30.3 Å². The second kappa shape index (κ2) is 7.51. The van der Waals surface area contributed by atoms with Gasteiger partial charge in [-0.05, 0) is 43.2 Å². The molecule has 0 unspecified atom stereocenters. The topological polar surface area (TPSA) is 94.9 Å². The summed E-state index contributed by atoms with van der Waals surface area (Å²) in [5.41, 5.74) is 10.9. The quantitative estimate of drug-likeness (QED) is 0.537. The first kappa shape index (κ1) is 19.4. The van der Waals surface area contributed by atoms with Crippen molar-refractivity contribution in [3.05, 3.63) is 82.8 Å². The van der Waals surface area contributed by atoms with Crippen LogP contribution >= 0.6 is 0 Å². The Bertz CT molecular complexity index is 1270. The Kier molecular flexibility index (Phi) is 4.87. The van der Waals surface area contributed by atoms with Crippen LogP contribution in [-0.2, 0) is 13.6 Å². The van der Waals surface area contributed by atoms with E-state index in [1.807, 2.05) is 30.3 Å². The number of nitrogens with one attached hydrogen (secondary N) is 1. The van der Waals surface area contributed by atoms with Crippen LogP contribution in [0.5, 0.6) is 0 Å². The first-order chi connectivity index (χ1) is 14.4. The number of hydrogen-bond donors (Lipinski definition) is 2. The van der Waals surface area contributed by atoms with Gasteiger partial charge in [0.2, 0.25) is 0 Å². The number of nitrogens with two attached hydrogens (primary N) is 1. The summed E-state index contributed by atoms with van der Waals surface area (Å²) in [5, 5.41) is 7.77. The largest absolute Gasteiger partial charge is 0.364 e. The van der Waals surface area contributed by atoms with Gasteiger partial charge in [0.25, 0.3) is 11.8 Å². The molecule has 0 saturated carbocycles. The van der Waals surface area contributed by atoms with Gasteiger partial charge in [0, 0.05) is 35.8 Å². The van der Waals surface area contributed by atoms with E-state index in [1.54, 1.807) is 13.1 Å². The van der Waals surface area contributed by atoms with Crippen molar-refractivity contribution in [2.24, 2.45) is 12.8 Å². The molecule has 4 aromatic rings. The molecule has 152 valence electrons. The van der Waals surface area contributed by atoms with Crippen molar-refractivity contribution < 1.29 is 9.59 Å². The Morgan fingerprint density at radius 2 is 1.83 bits per heavy atom. The van der Waals surface area contributed by atoms with Crippen LogP contribution in [0.2, 0.25) is 0 Å². The second-order valence-corrected chi connectivity index (χ2v) is 7.36. The number of anilines is 1. The van der Waals surface area contributed by atoms with E-state index in [0.29, 0.717) is 11.3 Å². The van der Waals surface area contributed by atoms with Crippen molar-refractivity contribution in [1.82, 2.24) is 14.3 Å². The number of hydrogen-bond acceptors (Lipinski definition) is 3. The minimum Gasteiger partial charge on any atom is -0.364 e. The molecular weight excluding hydrogens is 378 g/mol. The molecule has 7 heteroatoms. The van der Waals surface area contributed by atoms with Crippen LogP contribution < -0.4 is 11.1 Å². The maximum Gasteiger partial charge on any atom is 0.269 e. The van der Waals surface area contributed by atoms with Gasteiger partial charge in [-0.25, -0.2) is 0 Å². The van der Waals surface area contributed by atoms with Gasteiger partial charge in [0.05, 0.1) is 11.9 Å². The van der Waals surface area contributed by atoms with Crippen molar-refractivity contribution in [3.8, 4) is 0 Å². The molecule has 0 aliphatic rings. The smallest absolute Gasteiger partial charge is 0.269 e. The number of nitrogens with zero attached hydrogens (tertiary/aromatic N) is 3. The number of aromatic nitrogens is 3. The summed E-state index contributed by atoms with van der Waals surface area (Å²) in [6, 6.07) is 15.9. The van der Waals surface area contributed by atoms with Crippen LogP contribution in [0.15, 0.2) is 54.7 Å². The number of carbonyl (C=O) groups excluding carboxylic acids is 2. The Balaban J connectivity index is 1.68. The molecule has 30 heavy (non-hydrogen) atoms. The molecule has 2 amide bonds. The molecule has 4 rings (SSSR count). The normalized spacial score (nSPS) is 11.0. The number of carbonyl (C=O) groups is 2. The molecule has 0 spiro atoms. The Labute approximate surface area is 174 Å². The predicted octanol–water partition coefficient (Wildman–Crippen LogP) is 3.39. The maximum absolute atomic E-state index is 12.8. The lowest BCUT2D eigenvalue weighted by Crippen LogP contribution is -2.20. The van der Waals surface area contributed by atoms with Crippen LogP contribution in [0.1, 0.15) is 37.7 Å². The molecule has 0 radical (unpaired) electrons. The summed E-state index contributed by atoms with van der Waals surface area (Å²) in [6.07, 6.45) is 1.42. The Morgan fingerprint density at radius 3 is 2.53 bits per heavy atom. The van der Waals surface area contributed by atoms with E-state index >= 15 is 0 Å².